The van der Waals surface area contributed by atoms with E-state index in [2.05, 4.69) is 152 Å². The minimum absolute atomic E-state index is 0. The Labute approximate surface area is 715 Å². The Balaban J connectivity index is -0.0000000411. The van der Waals surface area contributed by atoms with E-state index in [1.807, 2.05) is 107 Å². The van der Waals surface area contributed by atoms with Crippen molar-refractivity contribution in [2.24, 2.45) is 20.0 Å². The Hall–Kier alpha value is -0.331. The molecule has 0 aliphatic heterocycles. The van der Waals surface area contributed by atoms with Crippen LogP contribution in [0.1, 0.15) is 143 Å². The van der Waals surface area contributed by atoms with E-state index in [9.17, 15) is 24.0 Å². The van der Waals surface area contributed by atoms with Crippen LogP contribution in [0, 0.1) is 55.4 Å². The molecule has 0 saturated carbocycles. The number of esters is 1. The van der Waals surface area contributed by atoms with Gasteiger partial charge in [-0.15, -0.1) is 0 Å². The zero-order valence-electron chi connectivity index (χ0n) is 61.1. The van der Waals surface area contributed by atoms with Gasteiger partial charge in [0.25, 0.3) is 0 Å². The predicted molar refractivity (Wildman–Crippen MR) is 375 cm³/mol. The van der Waals surface area contributed by atoms with Gasteiger partial charge in [0.05, 0.1) is 30.7 Å². The third kappa shape index (κ3) is 122. The van der Waals surface area contributed by atoms with Gasteiger partial charge in [-0.1, -0.05) is 96.9 Å². The summed E-state index contributed by atoms with van der Waals surface area (Å²) < 4.78 is 8.70. The van der Waals surface area contributed by atoms with E-state index in [-0.39, 0.29) is 167 Å². The summed E-state index contributed by atoms with van der Waals surface area (Å²) in [6.07, 6.45) is 21.0. The van der Waals surface area contributed by atoms with Gasteiger partial charge in [-0.3, -0.25) is 4.79 Å². The zero-order chi connectivity index (χ0) is 74.1. The van der Waals surface area contributed by atoms with Crippen molar-refractivity contribution >= 4 is 78.3 Å². The Kier molecular flexibility index (Phi) is 183. The molecular formula is C68H117N9O8W4Y4-12. The van der Waals surface area contributed by atoms with Gasteiger partial charge in [-0.25, -0.2) is 0 Å². The summed E-state index contributed by atoms with van der Waals surface area (Å²) in [5.41, 5.74) is 8.32. The molecule has 0 bridgehead atoms. The number of allylic oxidation sites excluding steroid dienone is 12. The maximum absolute atomic E-state index is 9.96. The Morgan fingerprint density at radius 3 is 0.656 bits per heavy atom. The summed E-state index contributed by atoms with van der Waals surface area (Å²) >= 11 is 5.49. The third-order valence-corrected chi connectivity index (χ3v) is 10.9. The first-order valence-electron chi connectivity index (χ1n) is 28.6. The van der Waals surface area contributed by atoms with Crippen LogP contribution < -0.4 is 21.3 Å². The van der Waals surface area contributed by atoms with Crippen molar-refractivity contribution < 1.29 is 247 Å². The number of hydrogen-bond donors (Lipinski definition) is 5. The summed E-state index contributed by atoms with van der Waals surface area (Å²) in [5, 5.41) is 16.7. The van der Waals surface area contributed by atoms with Gasteiger partial charge in [0.1, 0.15) is 6.29 Å². The standard InChI is InChI=1S/4C8H7N.C4H11N.C4H8O2.4C3H6NO.C2H6O.C2H4O.6C2H6.4W.4Y/c4*1-3-7-5-4-6-8(7)9-2;1-4-5(2)3;1-3-4(5)6-2;4*1-3(5)4-2;2*1-2-3;6*1-2;;;;;;;;/h4*2,4-5H,1,6H2;4H2,1-3H3;3H2,1-2H3;4*1H2,2H3,(H,4,5);3H,2H2,1H3;2H,1H3;6*1-2H3;;;;;;;;/q4*-2;;;4*-1;;;;;;;;;;;;;;;;. The molecule has 0 aromatic rings. The van der Waals surface area contributed by atoms with Crippen molar-refractivity contribution in [3.05, 3.63) is 149 Å². The van der Waals surface area contributed by atoms with Crippen LogP contribution in [0.5, 0.6) is 0 Å². The van der Waals surface area contributed by atoms with Crippen LogP contribution in [0.3, 0.4) is 0 Å². The van der Waals surface area contributed by atoms with Crippen molar-refractivity contribution in [2.45, 2.75) is 143 Å². The van der Waals surface area contributed by atoms with E-state index in [4.69, 9.17) is 36.8 Å². The third-order valence-electron chi connectivity index (χ3n) is 7.72. The van der Waals surface area contributed by atoms with Gasteiger partial charge >= 0.3 is 293 Å². The molecule has 4 aliphatic rings. The van der Waals surface area contributed by atoms with Crippen LogP contribution >= 0.6 is 0 Å². The monoisotopic (exact) mass is 2280 g/mol. The quantitative estimate of drug-likeness (QED) is 0.0605. The fourth-order valence-corrected chi connectivity index (χ4v) is 6.30. The smallest absolute Gasteiger partial charge is 0.0794 e. The molecule has 4 radical (unpaired) electrons. The Bertz CT molecular complexity index is 1890. The molecule has 17 nitrogen and oxygen atoms in total. The first kappa shape index (κ1) is 140. The van der Waals surface area contributed by atoms with E-state index < -0.39 is 0 Å². The number of nitrogens with one attached hydrogen (secondary N) is 4. The predicted octanol–water partition coefficient (Wildman–Crippen LogP) is 11.1. The number of aliphatic imine (C=N–C) groups is 4. The number of nitrogens with zero attached hydrogens (tertiary/aromatic N) is 5. The summed E-state index contributed by atoms with van der Waals surface area (Å²) in [5.74, 6) is -1.14. The first-order chi connectivity index (χ1) is 42.0. The molecule has 25 heteroatoms. The average Bonchev–Trinajstić information content (AvgIpc) is 2.05. The fraction of sp³-hybridized carbons (Fsp3) is 0.441. The Morgan fingerprint density at radius 2 is 0.613 bits per heavy atom. The molecule has 4 rings (SSSR count). The molecule has 0 unspecified atom stereocenters. The van der Waals surface area contributed by atoms with E-state index in [0.29, 0.717) is 6.42 Å². The van der Waals surface area contributed by atoms with Crippen molar-refractivity contribution in [3.63, 3.8) is 0 Å². The minimum Gasteiger partial charge on any atom is -0.384 e. The fourth-order valence-electron chi connectivity index (χ4n) is 3.63. The molecule has 4 amide bonds. The summed E-state index contributed by atoms with van der Waals surface area (Å²) in [6.45, 7) is 80.4. The van der Waals surface area contributed by atoms with E-state index in [1.165, 1.54) is 120 Å². The van der Waals surface area contributed by atoms with Crippen molar-refractivity contribution in [3.8, 4) is 0 Å². The molecule has 0 fully saturated rings. The number of rotatable bonds is 10. The molecule has 4 aliphatic carbocycles. The Morgan fingerprint density at radius 1 is 0.484 bits per heavy atom. The van der Waals surface area contributed by atoms with Gasteiger partial charge in [0.2, 0.25) is 0 Å². The molecule has 0 heterocycles. The van der Waals surface area contributed by atoms with E-state index >= 15 is 0 Å². The second-order valence-corrected chi connectivity index (χ2v) is 20.7. The van der Waals surface area contributed by atoms with Gasteiger partial charge in [-0.05, 0) is 34.5 Å². The van der Waals surface area contributed by atoms with Crippen LogP contribution in [-0.2, 0) is 242 Å². The molecule has 5 N–H and O–H groups in total. The second-order valence-electron chi connectivity index (χ2n) is 13.6. The average molecular weight is 2280 g/mol. The maximum Gasteiger partial charge on any atom is 0.0794 e. The molecule has 530 valence electrons. The normalized spacial score (nSPS) is 10.1. The van der Waals surface area contributed by atoms with Crippen LogP contribution in [0.4, 0.5) is 0 Å². The van der Waals surface area contributed by atoms with Crippen molar-refractivity contribution in [1.29, 1.82) is 0 Å². The van der Waals surface area contributed by atoms with Crippen LogP contribution in [-0.4, -0.2) is 151 Å². The number of amides is 4. The number of hydrogen-bond acceptors (Lipinski definition) is 13. The maximum atomic E-state index is 9.96. The molecular weight excluding hydrogens is 2160 g/mol. The topological polar surface area (TPSA) is 233 Å². The van der Waals surface area contributed by atoms with E-state index in [0.717, 1.165) is 99.2 Å². The largest absolute Gasteiger partial charge is 0.384 e. The summed E-state index contributed by atoms with van der Waals surface area (Å²) in [7, 11) is 11.6. The number of carbonyl (C=O) groups excluding carboxylic acids is 6. The molecule has 0 aromatic carbocycles. The number of aldehydes is 1. The van der Waals surface area contributed by atoms with Crippen LogP contribution in [0.15, 0.2) is 114 Å². The summed E-state index contributed by atoms with van der Waals surface area (Å²) in [4.78, 5) is 73.9. The number of ether oxygens (including phenoxy) is 1. The number of carbonyl (C=O) groups is 6. The number of aliphatic hydroxyl groups is 1. The van der Waals surface area contributed by atoms with Crippen molar-refractivity contribution in [2.75, 3.05) is 62.5 Å². The number of methoxy groups -OCH3 is 1. The van der Waals surface area contributed by atoms with Gasteiger partial charge < -0.3 is 87.7 Å². The van der Waals surface area contributed by atoms with Gasteiger partial charge in [-0.2, -0.15) is 0 Å². The van der Waals surface area contributed by atoms with Gasteiger partial charge in [0, 0.05) is 172 Å². The van der Waals surface area contributed by atoms with Crippen LogP contribution in [0.2, 0.25) is 0 Å². The van der Waals surface area contributed by atoms with Crippen molar-refractivity contribution in [1.82, 2.24) is 26.2 Å². The number of aliphatic hydroxyl groups excluding tert-OH is 1. The molecule has 0 spiro atoms. The zero-order valence-corrected chi connectivity index (χ0v) is 84.2. The van der Waals surface area contributed by atoms with Crippen LogP contribution in [0.25, 0.3) is 0 Å². The first-order valence-corrected chi connectivity index (χ1v) is 34.4. The molecule has 0 aromatic heterocycles. The molecule has 0 saturated heterocycles. The minimum atomic E-state index is -0.245. The SMILES string of the molecule is CC.CC.CC.CC.CC.CC.CC=O.CCC(=O)OC.CCN(C)C.CCO.[CH-]=NC1=C([C]([CH2-])=[W])C=CC1.[CH-]=NC1=C([C]([CH2-])=[W])C=CC1.[CH-]=NC1=C([C]([CH2-])=[W])C=CC1.[CH-]=NC1=C([C]([CH2-])=[W])C=CC1.[CH2-]C(=O)NC.[CH2-]C(=O)NC.[CH2-]C(=O)NC.[CH2-]C(=O)NC.[Y].[Y].[Y].[Y]. The van der Waals surface area contributed by atoms with Gasteiger partial charge in [0.15, 0.2) is 0 Å². The molecule has 0 atom stereocenters. The second kappa shape index (κ2) is 122. The summed E-state index contributed by atoms with van der Waals surface area (Å²) in [6, 6.07) is 0. The molecule has 93 heavy (non-hydrogen) atoms. The van der Waals surface area contributed by atoms with E-state index in [1.54, 1.807) is 13.8 Å².